The summed E-state index contributed by atoms with van der Waals surface area (Å²) in [5.74, 6) is -2.16. The third kappa shape index (κ3) is 2.81. The average Bonchev–Trinajstić information content (AvgIpc) is 2.56. The molecular weight excluding hydrogens is 349 g/mol. The minimum atomic E-state index is -4.82. The lowest BCUT2D eigenvalue weighted by molar-refractivity contribution is -0.445. The summed E-state index contributed by atoms with van der Waals surface area (Å²) in [4.78, 5) is 0. The largest absolute Gasteiger partial charge is 0.443 e. The van der Waals surface area contributed by atoms with E-state index < -0.39 is 30.8 Å². The van der Waals surface area contributed by atoms with Crippen LogP contribution < -0.4 is 0 Å². The van der Waals surface area contributed by atoms with E-state index in [4.69, 9.17) is 9.47 Å². The van der Waals surface area contributed by atoms with Crippen molar-refractivity contribution < 1.29 is 32.5 Å². The summed E-state index contributed by atoms with van der Waals surface area (Å²) >= 11 is 0. The number of aliphatic hydroxyl groups is 1. The lowest BCUT2D eigenvalue weighted by Crippen LogP contribution is -2.70. The fourth-order valence-electron chi connectivity index (χ4n) is 6.02. The molecule has 4 bridgehead atoms. The maximum atomic E-state index is 13.4. The molecule has 7 heteroatoms. The SMILES string of the molecule is CCC(C)COC12CC3CC(C1)C1(CC(O)(C(F)(F)F)OCO1)C(C3)C2. The van der Waals surface area contributed by atoms with E-state index >= 15 is 0 Å². The van der Waals surface area contributed by atoms with E-state index in [0.717, 1.165) is 38.5 Å². The van der Waals surface area contributed by atoms with E-state index in [0.29, 0.717) is 18.4 Å². The minimum Gasteiger partial charge on any atom is -0.375 e. The summed E-state index contributed by atoms with van der Waals surface area (Å²) < 4.78 is 57.1. The van der Waals surface area contributed by atoms with E-state index in [9.17, 15) is 18.3 Å². The lowest BCUT2D eigenvalue weighted by Gasteiger charge is -2.66. The number of hydrogen-bond donors (Lipinski definition) is 1. The molecule has 150 valence electrons. The van der Waals surface area contributed by atoms with Crippen molar-refractivity contribution in [2.45, 2.75) is 82.0 Å². The molecule has 26 heavy (non-hydrogen) atoms. The fourth-order valence-corrected chi connectivity index (χ4v) is 6.02. The van der Waals surface area contributed by atoms with E-state index in [1.165, 1.54) is 0 Å². The monoisotopic (exact) mass is 378 g/mol. The maximum absolute atomic E-state index is 13.4. The number of alkyl halides is 3. The van der Waals surface area contributed by atoms with Gasteiger partial charge in [-0.2, -0.15) is 13.2 Å². The standard InChI is InChI=1S/C19H29F3O4/c1-3-12(2)9-24-16-6-13-4-14(7-16)17(15(5-13)8-16)10-18(23,19(20,21)22)26-11-25-17/h12-15,23H,3-11H2,1-2H3. The van der Waals surface area contributed by atoms with Gasteiger partial charge in [0.15, 0.2) is 6.79 Å². The zero-order valence-electron chi connectivity index (χ0n) is 15.5. The van der Waals surface area contributed by atoms with Crippen LogP contribution in [0.5, 0.6) is 0 Å². The summed E-state index contributed by atoms with van der Waals surface area (Å²) in [7, 11) is 0. The van der Waals surface area contributed by atoms with E-state index in [2.05, 4.69) is 18.6 Å². The summed E-state index contributed by atoms with van der Waals surface area (Å²) in [6.45, 7) is 4.49. The molecule has 4 saturated carbocycles. The molecule has 4 nitrogen and oxygen atoms in total. The first-order valence-corrected chi connectivity index (χ1v) is 9.82. The third-order valence-electron chi connectivity index (χ3n) is 7.47. The predicted molar refractivity (Wildman–Crippen MR) is 87.1 cm³/mol. The van der Waals surface area contributed by atoms with Crippen molar-refractivity contribution in [1.82, 2.24) is 0 Å². The Morgan fingerprint density at radius 2 is 1.81 bits per heavy atom. The van der Waals surface area contributed by atoms with Crippen LogP contribution in [0.15, 0.2) is 0 Å². The molecule has 1 aliphatic heterocycles. The number of rotatable bonds is 4. The van der Waals surface area contributed by atoms with Gasteiger partial charge >= 0.3 is 6.18 Å². The van der Waals surface area contributed by atoms with Crippen molar-refractivity contribution in [3.63, 3.8) is 0 Å². The van der Waals surface area contributed by atoms with Crippen molar-refractivity contribution in [1.29, 1.82) is 0 Å². The Labute approximate surface area is 152 Å². The molecular formula is C19H29F3O4. The van der Waals surface area contributed by atoms with Gasteiger partial charge in [0.1, 0.15) is 0 Å². The van der Waals surface area contributed by atoms with Crippen LogP contribution in [0, 0.1) is 23.7 Å². The van der Waals surface area contributed by atoms with Crippen LogP contribution in [0.1, 0.15) is 58.8 Å². The normalized spacial score (nSPS) is 48.9. The lowest BCUT2D eigenvalue weighted by atomic mass is 9.47. The second-order valence-corrected chi connectivity index (χ2v) is 9.17. The Kier molecular flexibility index (Phi) is 4.42. The smallest absolute Gasteiger partial charge is 0.375 e. The van der Waals surface area contributed by atoms with Gasteiger partial charge in [0.25, 0.3) is 5.79 Å². The summed E-state index contributed by atoms with van der Waals surface area (Å²) in [5.41, 5.74) is -1.16. The minimum absolute atomic E-state index is 0.0107. The van der Waals surface area contributed by atoms with Crippen LogP contribution in [0.3, 0.4) is 0 Å². The highest BCUT2D eigenvalue weighted by Gasteiger charge is 2.70. The Balaban J connectivity index is 1.57. The van der Waals surface area contributed by atoms with Gasteiger partial charge in [-0.15, -0.1) is 0 Å². The number of ether oxygens (including phenoxy) is 3. The Hall–Kier alpha value is -0.370. The average molecular weight is 378 g/mol. The molecule has 0 aromatic carbocycles. The highest BCUT2D eigenvalue weighted by atomic mass is 19.4. The molecule has 0 aromatic heterocycles. The molecule has 5 aliphatic rings. The molecule has 0 amide bonds. The number of halogens is 3. The van der Waals surface area contributed by atoms with E-state index in [1.807, 2.05) is 0 Å². The topological polar surface area (TPSA) is 47.9 Å². The van der Waals surface area contributed by atoms with Crippen LogP contribution in [-0.2, 0) is 14.2 Å². The van der Waals surface area contributed by atoms with Gasteiger partial charge in [-0.3, -0.25) is 0 Å². The Morgan fingerprint density at radius 1 is 1.15 bits per heavy atom. The molecule has 4 unspecified atom stereocenters. The van der Waals surface area contributed by atoms with Gasteiger partial charge in [-0.25, -0.2) is 0 Å². The molecule has 1 saturated heterocycles. The highest BCUT2D eigenvalue weighted by molar-refractivity contribution is 5.15. The molecule has 4 aliphatic carbocycles. The first-order chi connectivity index (χ1) is 12.1. The Morgan fingerprint density at radius 3 is 2.38 bits per heavy atom. The van der Waals surface area contributed by atoms with Gasteiger partial charge in [0.2, 0.25) is 0 Å². The molecule has 5 rings (SSSR count). The molecule has 0 radical (unpaired) electrons. The zero-order chi connectivity index (χ0) is 18.8. The van der Waals surface area contributed by atoms with Crippen molar-refractivity contribution in [3.8, 4) is 0 Å². The molecule has 4 atom stereocenters. The Bertz CT molecular complexity index is 535. The van der Waals surface area contributed by atoms with Gasteiger partial charge in [0, 0.05) is 13.0 Å². The van der Waals surface area contributed by atoms with Crippen LogP contribution in [0.4, 0.5) is 13.2 Å². The molecule has 1 spiro atoms. The number of hydrogen-bond acceptors (Lipinski definition) is 4. The summed E-state index contributed by atoms with van der Waals surface area (Å²) in [6.07, 6.45) is -0.107. The van der Waals surface area contributed by atoms with Gasteiger partial charge in [-0.05, 0) is 55.8 Å². The van der Waals surface area contributed by atoms with Crippen LogP contribution in [0.25, 0.3) is 0 Å². The van der Waals surface area contributed by atoms with Crippen LogP contribution in [0.2, 0.25) is 0 Å². The van der Waals surface area contributed by atoms with Gasteiger partial charge in [0.05, 0.1) is 11.2 Å². The fraction of sp³-hybridized carbons (Fsp3) is 1.00. The maximum Gasteiger partial charge on any atom is 0.443 e. The summed E-state index contributed by atoms with van der Waals surface area (Å²) in [6, 6.07) is 0. The molecule has 0 aromatic rings. The quantitative estimate of drug-likeness (QED) is 0.803. The zero-order valence-corrected chi connectivity index (χ0v) is 15.5. The molecule has 5 fully saturated rings. The van der Waals surface area contributed by atoms with Gasteiger partial charge < -0.3 is 19.3 Å². The highest BCUT2D eigenvalue weighted by Crippen LogP contribution is 2.65. The van der Waals surface area contributed by atoms with E-state index in [-0.39, 0.29) is 17.4 Å². The van der Waals surface area contributed by atoms with Gasteiger partial charge in [-0.1, -0.05) is 20.3 Å². The first kappa shape index (κ1) is 19.0. The third-order valence-corrected chi connectivity index (χ3v) is 7.47. The van der Waals surface area contributed by atoms with Crippen LogP contribution >= 0.6 is 0 Å². The van der Waals surface area contributed by atoms with Crippen molar-refractivity contribution in [2.75, 3.05) is 13.4 Å². The van der Waals surface area contributed by atoms with Crippen molar-refractivity contribution in [3.05, 3.63) is 0 Å². The first-order valence-electron chi connectivity index (χ1n) is 9.82. The summed E-state index contributed by atoms with van der Waals surface area (Å²) in [5, 5.41) is 10.2. The van der Waals surface area contributed by atoms with Crippen molar-refractivity contribution in [2.24, 2.45) is 23.7 Å². The van der Waals surface area contributed by atoms with Crippen molar-refractivity contribution >= 4 is 0 Å². The van der Waals surface area contributed by atoms with E-state index in [1.54, 1.807) is 0 Å². The second-order valence-electron chi connectivity index (χ2n) is 9.17. The molecule has 1 heterocycles. The predicted octanol–water partition coefficient (Wildman–Crippen LogP) is 4.01. The van der Waals surface area contributed by atoms with Crippen LogP contribution in [-0.4, -0.2) is 41.7 Å². The molecule has 1 N–H and O–H groups in total. The second kappa shape index (κ2) is 6.06.